The van der Waals surface area contributed by atoms with Crippen molar-refractivity contribution in [2.24, 2.45) is 0 Å². The summed E-state index contributed by atoms with van der Waals surface area (Å²) >= 11 is 0. The number of nitrogens with one attached hydrogen (secondary N) is 1. The van der Waals surface area contributed by atoms with Crippen molar-refractivity contribution < 1.29 is 9.90 Å². The molecule has 6 N–H and O–H groups in total. The van der Waals surface area contributed by atoms with E-state index in [4.69, 9.17) is 16.6 Å². The van der Waals surface area contributed by atoms with Crippen LogP contribution in [0.3, 0.4) is 0 Å². The molecule has 98 valence electrons. The summed E-state index contributed by atoms with van der Waals surface area (Å²) in [5, 5.41) is 12.1. The van der Waals surface area contributed by atoms with E-state index in [9.17, 15) is 4.79 Å². The summed E-state index contributed by atoms with van der Waals surface area (Å²) in [6, 6.07) is 10.0. The molecule has 0 amide bonds. The Balaban J connectivity index is 2.37. The van der Waals surface area contributed by atoms with Crippen molar-refractivity contribution in [3.63, 3.8) is 0 Å². The lowest BCUT2D eigenvalue weighted by Crippen LogP contribution is -2.02. The average molecular weight is 257 g/mol. The Hall–Kier alpha value is -2.69. The van der Waals surface area contributed by atoms with Crippen molar-refractivity contribution in [3.05, 3.63) is 47.5 Å². The van der Waals surface area contributed by atoms with Gasteiger partial charge in [0.1, 0.15) is 0 Å². The van der Waals surface area contributed by atoms with E-state index in [1.54, 1.807) is 36.4 Å². The summed E-state index contributed by atoms with van der Waals surface area (Å²) in [5.41, 5.74) is 15.1. The van der Waals surface area contributed by atoms with Gasteiger partial charge in [0.25, 0.3) is 0 Å². The van der Waals surface area contributed by atoms with Crippen LogP contribution in [-0.2, 0) is 0 Å². The summed E-state index contributed by atoms with van der Waals surface area (Å²) in [4.78, 5) is 11.0. The van der Waals surface area contributed by atoms with Gasteiger partial charge >= 0.3 is 5.97 Å². The highest BCUT2D eigenvalue weighted by atomic mass is 16.4. The van der Waals surface area contributed by atoms with E-state index in [2.05, 4.69) is 5.32 Å². The largest absolute Gasteiger partial charge is 0.478 e. The lowest BCUT2D eigenvalue weighted by Gasteiger charge is -2.13. The topological polar surface area (TPSA) is 101 Å². The Labute approximate surface area is 110 Å². The van der Waals surface area contributed by atoms with Gasteiger partial charge in [-0.05, 0) is 42.8 Å². The fourth-order valence-corrected chi connectivity index (χ4v) is 1.73. The van der Waals surface area contributed by atoms with Gasteiger partial charge in [-0.1, -0.05) is 6.07 Å². The molecular weight excluding hydrogens is 242 g/mol. The number of hydrogen-bond acceptors (Lipinski definition) is 4. The van der Waals surface area contributed by atoms with Crippen LogP contribution in [0.5, 0.6) is 0 Å². The van der Waals surface area contributed by atoms with E-state index in [0.29, 0.717) is 22.7 Å². The van der Waals surface area contributed by atoms with Gasteiger partial charge in [0.05, 0.1) is 16.9 Å². The van der Waals surface area contributed by atoms with Crippen LogP contribution in [0.2, 0.25) is 0 Å². The molecule has 0 aliphatic heterocycles. The number of benzene rings is 2. The maximum Gasteiger partial charge on any atom is 0.335 e. The van der Waals surface area contributed by atoms with Crippen molar-refractivity contribution in [2.45, 2.75) is 6.92 Å². The van der Waals surface area contributed by atoms with E-state index in [0.717, 1.165) is 5.56 Å². The third-order valence-corrected chi connectivity index (χ3v) is 2.83. The first-order valence-electron chi connectivity index (χ1n) is 5.73. The van der Waals surface area contributed by atoms with Gasteiger partial charge in [0, 0.05) is 11.4 Å². The molecule has 0 heterocycles. The Kier molecular flexibility index (Phi) is 3.29. The third-order valence-electron chi connectivity index (χ3n) is 2.83. The molecule has 5 heteroatoms. The van der Waals surface area contributed by atoms with E-state index < -0.39 is 5.97 Å². The maximum absolute atomic E-state index is 11.0. The van der Waals surface area contributed by atoms with Crippen LogP contribution in [0.15, 0.2) is 36.4 Å². The zero-order valence-corrected chi connectivity index (χ0v) is 10.5. The average Bonchev–Trinajstić information content (AvgIpc) is 2.34. The molecule has 0 atom stereocenters. The normalized spacial score (nSPS) is 10.2. The molecule has 0 aromatic heterocycles. The fraction of sp³-hybridized carbons (Fsp3) is 0.0714. The first kappa shape index (κ1) is 12.8. The van der Waals surface area contributed by atoms with Crippen molar-refractivity contribution in [2.75, 3.05) is 16.8 Å². The standard InChI is InChI=1S/C14H15N3O2/c1-8-2-3-9(14(18)19)6-13(8)17-12-5-4-10(15)7-11(12)16/h2-7,17H,15-16H2,1H3,(H,18,19). The van der Waals surface area contributed by atoms with Gasteiger partial charge in [0.2, 0.25) is 0 Å². The Morgan fingerprint density at radius 2 is 1.84 bits per heavy atom. The lowest BCUT2D eigenvalue weighted by molar-refractivity contribution is 0.0697. The third kappa shape index (κ3) is 2.77. The van der Waals surface area contributed by atoms with E-state index in [-0.39, 0.29) is 5.56 Å². The number of anilines is 4. The van der Waals surface area contributed by atoms with Gasteiger partial charge in [0.15, 0.2) is 0 Å². The highest BCUT2D eigenvalue weighted by Gasteiger charge is 2.07. The molecule has 0 unspecified atom stereocenters. The van der Waals surface area contributed by atoms with Gasteiger partial charge in [-0.2, -0.15) is 0 Å². The molecule has 0 aliphatic rings. The number of carboxylic acid groups (broad SMARTS) is 1. The van der Waals surface area contributed by atoms with Crippen LogP contribution in [0.25, 0.3) is 0 Å². The van der Waals surface area contributed by atoms with E-state index in [1.165, 1.54) is 0 Å². The van der Waals surface area contributed by atoms with Crippen molar-refractivity contribution in [1.29, 1.82) is 0 Å². The number of rotatable bonds is 3. The number of aromatic carboxylic acids is 1. The summed E-state index contributed by atoms with van der Waals surface area (Å²) in [5.74, 6) is -0.965. The van der Waals surface area contributed by atoms with E-state index >= 15 is 0 Å². The van der Waals surface area contributed by atoms with E-state index in [1.807, 2.05) is 6.92 Å². The fourth-order valence-electron chi connectivity index (χ4n) is 1.73. The molecule has 0 bridgehead atoms. The van der Waals surface area contributed by atoms with Crippen LogP contribution < -0.4 is 16.8 Å². The minimum atomic E-state index is -0.965. The second kappa shape index (κ2) is 4.89. The van der Waals surface area contributed by atoms with Crippen LogP contribution in [0, 0.1) is 6.92 Å². The monoisotopic (exact) mass is 257 g/mol. The predicted octanol–water partition coefficient (Wildman–Crippen LogP) is 2.60. The van der Waals surface area contributed by atoms with Gasteiger partial charge in [-0.15, -0.1) is 0 Å². The molecule has 0 radical (unpaired) electrons. The lowest BCUT2D eigenvalue weighted by atomic mass is 10.1. The molecule has 0 saturated carbocycles. The van der Waals surface area contributed by atoms with Gasteiger partial charge in [-0.25, -0.2) is 4.79 Å². The molecule has 0 saturated heterocycles. The number of aryl methyl sites for hydroxylation is 1. The Morgan fingerprint density at radius 1 is 1.11 bits per heavy atom. The van der Waals surface area contributed by atoms with Crippen LogP contribution in [-0.4, -0.2) is 11.1 Å². The minimum absolute atomic E-state index is 0.224. The molecule has 0 aliphatic carbocycles. The van der Waals surface area contributed by atoms with Crippen LogP contribution in [0.1, 0.15) is 15.9 Å². The molecule has 0 spiro atoms. The smallest absolute Gasteiger partial charge is 0.335 e. The number of nitrogen functional groups attached to an aromatic ring is 2. The predicted molar refractivity (Wildman–Crippen MR) is 76.7 cm³/mol. The van der Waals surface area contributed by atoms with Gasteiger partial charge in [-0.3, -0.25) is 0 Å². The maximum atomic E-state index is 11.0. The van der Waals surface area contributed by atoms with Crippen molar-refractivity contribution >= 4 is 28.7 Å². The molecular formula is C14H15N3O2. The summed E-state index contributed by atoms with van der Waals surface area (Å²) < 4.78 is 0. The Morgan fingerprint density at radius 3 is 2.47 bits per heavy atom. The molecule has 19 heavy (non-hydrogen) atoms. The molecule has 0 fully saturated rings. The molecule has 2 aromatic rings. The minimum Gasteiger partial charge on any atom is -0.478 e. The van der Waals surface area contributed by atoms with Crippen LogP contribution in [0.4, 0.5) is 22.7 Å². The second-order valence-corrected chi connectivity index (χ2v) is 4.31. The number of nitrogens with two attached hydrogens (primary N) is 2. The second-order valence-electron chi connectivity index (χ2n) is 4.31. The molecule has 2 aromatic carbocycles. The summed E-state index contributed by atoms with van der Waals surface area (Å²) in [6.07, 6.45) is 0. The first-order chi connectivity index (χ1) is 8.97. The van der Waals surface area contributed by atoms with Crippen LogP contribution >= 0.6 is 0 Å². The number of hydrogen-bond donors (Lipinski definition) is 4. The summed E-state index contributed by atoms with van der Waals surface area (Å²) in [7, 11) is 0. The van der Waals surface area contributed by atoms with Gasteiger partial charge < -0.3 is 21.9 Å². The molecule has 5 nitrogen and oxygen atoms in total. The highest BCUT2D eigenvalue weighted by Crippen LogP contribution is 2.27. The Bertz CT molecular complexity index is 639. The number of carboxylic acids is 1. The zero-order valence-electron chi connectivity index (χ0n) is 10.5. The first-order valence-corrected chi connectivity index (χ1v) is 5.73. The quantitative estimate of drug-likeness (QED) is 0.633. The van der Waals surface area contributed by atoms with Crippen molar-refractivity contribution in [3.8, 4) is 0 Å². The highest BCUT2D eigenvalue weighted by molar-refractivity contribution is 5.90. The molecule has 2 rings (SSSR count). The SMILES string of the molecule is Cc1ccc(C(=O)O)cc1Nc1ccc(N)cc1N. The summed E-state index contributed by atoms with van der Waals surface area (Å²) in [6.45, 7) is 1.89. The number of carbonyl (C=O) groups is 1. The zero-order chi connectivity index (χ0) is 14.0. The van der Waals surface area contributed by atoms with Crippen molar-refractivity contribution in [1.82, 2.24) is 0 Å².